The maximum absolute atomic E-state index is 10.3. The average Bonchev–Trinajstić information content (AvgIpc) is 3.26. The van der Waals surface area contributed by atoms with Gasteiger partial charge in [-0.25, -0.2) is 0 Å². The highest BCUT2D eigenvalue weighted by Crippen LogP contribution is 2.46. The van der Waals surface area contributed by atoms with Gasteiger partial charge in [0.15, 0.2) is 0 Å². The van der Waals surface area contributed by atoms with Crippen LogP contribution in [0.1, 0.15) is 118 Å². The molecule has 0 aliphatic carbocycles. The molecule has 0 spiro atoms. The van der Waals surface area contributed by atoms with E-state index < -0.39 is 10.8 Å². The quantitative estimate of drug-likeness (QED) is 0.0687. The Morgan fingerprint density at radius 1 is 0.344 bits per heavy atom. The number of hydrogen-bond donors (Lipinski definition) is 7. The Balaban J connectivity index is 0.000000214. The lowest BCUT2D eigenvalue weighted by Crippen LogP contribution is -2.30. The van der Waals surface area contributed by atoms with E-state index in [0.717, 1.165) is 85.2 Å². The SMILES string of the molecule is CC(CCC(C)(c1ccc(O)cc1)c1ccc(O)cc1)(c1ccc(O)cc1)c1ccc(O)cc1.Cc1cc(C(C)C(c2cc(C)c(O)c(C)c2)c2cc(C)c(O)c(C)c2)cc(C)c1O. The second-order valence-electron chi connectivity index (χ2n) is 18.1. The second-order valence-corrected chi connectivity index (χ2v) is 18.1. The molecule has 0 saturated carbocycles. The lowest BCUT2D eigenvalue weighted by molar-refractivity contribution is 0.410. The lowest BCUT2D eigenvalue weighted by atomic mass is 9.66. The first kappa shape index (κ1) is 46.6. The fourth-order valence-corrected chi connectivity index (χ4v) is 9.28. The highest BCUT2D eigenvalue weighted by Gasteiger charge is 2.36. The summed E-state index contributed by atoms with van der Waals surface area (Å²) < 4.78 is 0. The van der Waals surface area contributed by atoms with Crippen molar-refractivity contribution in [2.24, 2.45) is 0 Å². The molecule has 1 unspecified atom stereocenters. The minimum Gasteiger partial charge on any atom is -0.508 e. The van der Waals surface area contributed by atoms with E-state index in [9.17, 15) is 35.7 Å². The fourth-order valence-electron chi connectivity index (χ4n) is 9.28. The van der Waals surface area contributed by atoms with Crippen molar-refractivity contribution in [3.63, 3.8) is 0 Å². The number of aryl methyl sites for hydroxylation is 6. The first-order valence-corrected chi connectivity index (χ1v) is 21.8. The molecule has 7 heteroatoms. The normalized spacial score (nSPS) is 12.2. The summed E-state index contributed by atoms with van der Waals surface area (Å²) in [5, 5.41) is 70.3. The second kappa shape index (κ2) is 18.9. The van der Waals surface area contributed by atoms with Crippen LogP contribution in [0.5, 0.6) is 40.2 Å². The predicted octanol–water partition coefficient (Wildman–Crippen LogP) is 13.2. The third-order valence-corrected chi connectivity index (χ3v) is 13.4. The third kappa shape index (κ3) is 9.84. The molecule has 0 saturated heterocycles. The van der Waals surface area contributed by atoms with Crippen molar-refractivity contribution in [1.29, 1.82) is 0 Å². The number of aromatic hydroxyl groups is 7. The van der Waals surface area contributed by atoms with Crippen LogP contribution in [-0.4, -0.2) is 35.7 Å². The van der Waals surface area contributed by atoms with E-state index in [-0.39, 0.29) is 34.8 Å². The van der Waals surface area contributed by atoms with Gasteiger partial charge in [0.25, 0.3) is 0 Å². The Kier molecular flexibility index (Phi) is 13.7. The Morgan fingerprint density at radius 3 is 0.766 bits per heavy atom. The van der Waals surface area contributed by atoms with Crippen molar-refractivity contribution in [2.45, 2.75) is 97.8 Å². The summed E-state index contributed by atoms with van der Waals surface area (Å²) >= 11 is 0. The van der Waals surface area contributed by atoms with E-state index in [0.29, 0.717) is 17.2 Å². The van der Waals surface area contributed by atoms with E-state index in [2.05, 4.69) is 57.2 Å². The molecule has 0 heterocycles. The van der Waals surface area contributed by atoms with Crippen LogP contribution >= 0.6 is 0 Å². The molecule has 0 fully saturated rings. The van der Waals surface area contributed by atoms with Gasteiger partial charge in [0, 0.05) is 16.7 Å². The summed E-state index contributed by atoms with van der Waals surface area (Å²) in [5.74, 6) is 2.03. The van der Waals surface area contributed by atoms with Crippen molar-refractivity contribution >= 4 is 0 Å². The van der Waals surface area contributed by atoms with Gasteiger partial charge in [-0.1, -0.05) is 106 Å². The van der Waals surface area contributed by atoms with Gasteiger partial charge in [-0.05, 0) is 181 Å². The van der Waals surface area contributed by atoms with Crippen LogP contribution < -0.4 is 0 Å². The molecule has 64 heavy (non-hydrogen) atoms. The maximum atomic E-state index is 10.3. The highest BCUT2D eigenvalue weighted by molar-refractivity contribution is 5.53. The van der Waals surface area contributed by atoms with Gasteiger partial charge in [0.2, 0.25) is 0 Å². The van der Waals surface area contributed by atoms with Crippen molar-refractivity contribution in [1.82, 2.24) is 0 Å². The van der Waals surface area contributed by atoms with E-state index in [1.54, 1.807) is 48.5 Å². The molecule has 0 radical (unpaired) electrons. The van der Waals surface area contributed by atoms with E-state index in [4.69, 9.17) is 0 Å². The monoisotopic (exact) mass is 858 g/mol. The zero-order chi connectivity index (χ0) is 46.7. The summed E-state index contributed by atoms with van der Waals surface area (Å²) in [4.78, 5) is 0. The van der Waals surface area contributed by atoms with E-state index in [1.165, 1.54) is 0 Å². The molecule has 0 bridgehead atoms. The third-order valence-electron chi connectivity index (χ3n) is 13.4. The van der Waals surface area contributed by atoms with Crippen LogP contribution in [-0.2, 0) is 10.8 Å². The minimum atomic E-state index is -0.392. The fraction of sp³-hybridized carbons (Fsp3) is 0.263. The zero-order valence-corrected chi connectivity index (χ0v) is 38.4. The van der Waals surface area contributed by atoms with Crippen molar-refractivity contribution < 1.29 is 35.7 Å². The topological polar surface area (TPSA) is 142 Å². The highest BCUT2D eigenvalue weighted by atomic mass is 16.3. The number of phenols is 7. The van der Waals surface area contributed by atoms with Crippen LogP contribution in [0.4, 0.5) is 0 Å². The van der Waals surface area contributed by atoms with Gasteiger partial charge in [0.1, 0.15) is 40.2 Å². The Labute approximate surface area is 378 Å². The van der Waals surface area contributed by atoms with Crippen LogP contribution in [0.25, 0.3) is 0 Å². The number of hydrogen-bond acceptors (Lipinski definition) is 7. The average molecular weight is 859 g/mol. The summed E-state index contributed by atoms with van der Waals surface area (Å²) in [6.07, 6.45) is 1.53. The smallest absolute Gasteiger partial charge is 0.121 e. The van der Waals surface area contributed by atoms with Gasteiger partial charge >= 0.3 is 0 Å². The number of rotatable bonds is 11. The predicted molar refractivity (Wildman–Crippen MR) is 258 cm³/mol. The Bertz CT molecular complexity index is 2400. The Morgan fingerprint density at radius 2 is 0.547 bits per heavy atom. The molecule has 0 aliphatic rings. The molecule has 7 aromatic carbocycles. The van der Waals surface area contributed by atoms with Crippen molar-refractivity contribution in [3.05, 3.63) is 206 Å². The minimum absolute atomic E-state index is 0.0318. The standard InChI is InChI=1S/C30H30O4.C27H32O3/c1-29(21-3-11-25(31)12-4-21,22-5-13-26(32)14-6-22)19-20-30(2,23-7-15-27(33)16-8-23)24-9-17-28(34)18-10-24;1-14-8-21(9-15(2)25(14)28)20(7)24(22-10-16(3)26(29)17(4)11-22)23-12-18(5)27(30)19(6)13-23/h3-18,31-34H,19-20H2,1-2H3;8-13,20,24,28-30H,1-7H3. The molecule has 0 aromatic heterocycles. The number of benzene rings is 7. The van der Waals surface area contributed by atoms with E-state index in [1.807, 2.05) is 90.1 Å². The largest absolute Gasteiger partial charge is 0.508 e. The molecule has 7 aromatic rings. The van der Waals surface area contributed by atoms with Crippen molar-refractivity contribution in [2.75, 3.05) is 0 Å². The first-order valence-electron chi connectivity index (χ1n) is 21.8. The molecule has 7 rings (SSSR count). The van der Waals surface area contributed by atoms with Crippen LogP contribution in [0.2, 0.25) is 0 Å². The van der Waals surface area contributed by atoms with Gasteiger partial charge < -0.3 is 35.7 Å². The van der Waals surface area contributed by atoms with Gasteiger partial charge in [-0.2, -0.15) is 0 Å². The van der Waals surface area contributed by atoms with Crippen molar-refractivity contribution in [3.8, 4) is 40.2 Å². The zero-order valence-electron chi connectivity index (χ0n) is 38.4. The van der Waals surface area contributed by atoms with Crippen LogP contribution in [0, 0.1) is 41.5 Å². The maximum Gasteiger partial charge on any atom is 0.121 e. The van der Waals surface area contributed by atoms with Crippen LogP contribution in [0.15, 0.2) is 133 Å². The molecule has 7 N–H and O–H groups in total. The van der Waals surface area contributed by atoms with Crippen LogP contribution in [0.3, 0.4) is 0 Å². The molecule has 7 nitrogen and oxygen atoms in total. The first-order chi connectivity index (χ1) is 30.2. The molecule has 1 atom stereocenters. The summed E-state index contributed by atoms with van der Waals surface area (Å²) in [6.45, 7) is 18.1. The molecular weight excluding hydrogens is 797 g/mol. The molecule has 0 aliphatic heterocycles. The van der Waals surface area contributed by atoms with Gasteiger partial charge in [0.05, 0.1) is 0 Å². The lowest BCUT2D eigenvalue weighted by Gasteiger charge is -2.37. The molecular formula is C57H62O7. The van der Waals surface area contributed by atoms with Gasteiger partial charge in [-0.3, -0.25) is 0 Å². The van der Waals surface area contributed by atoms with E-state index >= 15 is 0 Å². The summed E-state index contributed by atoms with van der Waals surface area (Å²) in [5.41, 5.74) is 12.0. The van der Waals surface area contributed by atoms with Gasteiger partial charge in [-0.15, -0.1) is 0 Å². The number of phenolic OH excluding ortho intramolecular Hbond substituents is 7. The molecule has 332 valence electrons. The summed E-state index contributed by atoms with van der Waals surface area (Å²) in [6, 6.07) is 41.5. The summed E-state index contributed by atoms with van der Waals surface area (Å²) in [7, 11) is 0. The Hall–Kier alpha value is -6.86. The molecule has 0 amide bonds.